The van der Waals surface area contributed by atoms with E-state index in [4.69, 9.17) is 32.7 Å². The first-order chi connectivity index (χ1) is 13.0. The van der Waals surface area contributed by atoms with Gasteiger partial charge in [-0.05, 0) is 48.5 Å². The van der Waals surface area contributed by atoms with Gasteiger partial charge in [-0.3, -0.25) is 9.59 Å². The molecular weight excluding hydrogens is 391 g/mol. The number of ether oxygens (including phenoxy) is 2. The molecule has 0 saturated carbocycles. The molecule has 1 heterocycles. The van der Waals surface area contributed by atoms with Crippen LogP contribution in [0.1, 0.15) is 0 Å². The lowest BCUT2D eigenvalue weighted by Gasteiger charge is -2.39. The van der Waals surface area contributed by atoms with Gasteiger partial charge in [0, 0.05) is 23.1 Å². The molecule has 1 fully saturated rings. The van der Waals surface area contributed by atoms with Crippen molar-refractivity contribution in [1.29, 1.82) is 0 Å². The second-order valence-corrected chi connectivity index (χ2v) is 6.92. The Labute approximate surface area is 167 Å². The van der Waals surface area contributed by atoms with Gasteiger partial charge in [-0.1, -0.05) is 23.2 Å². The van der Waals surface area contributed by atoms with Crippen LogP contribution in [0.2, 0.25) is 10.0 Å². The van der Waals surface area contributed by atoms with E-state index in [1.165, 1.54) is 0 Å². The summed E-state index contributed by atoms with van der Waals surface area (Å²) in [6, 6.07) is 13.5. The lowest BCUT2D eigenvalue weighted by Crippen LogP contribution is -2.62. The summed E-state index contributed by atoms with van der Waals surface area (Å²) in [5.74, 6) is 0.782. The molecule has 3 rings (SSSR count). The number of benzene rings is 2. The zero-order valence-corrected chi connectivity index (χ0v) is 15.9. The first kappa shape index (κ1) is 19.3. The topological polar surface area (TPSA) is 67.9 Å². The fourth-order valence-corrected chi connectivity index (χ4v) is 2.74. The third-order valence-corrected chi connectivity index (χ3v) is 4.46. The number of likely N-dealkylation sites (tertiary alicyclic amines) is 1. The molecule has 27 heavy (non-hydrogen) atoms. The molecule has 0 radical (unpaired) electrons. The number of halogens is 2. The van der Waals surface area contributed by atoms with Gasteiger partial charge in [0.15, 0.2) is 13.2 Å². The van der Waals surface area contributed by atoms with Crippen molar-refractivity contribution in [2.24, 2.45) is 0 Å². The van der Waals surface area contributed by atoms with Crippen molar-refractivity contribution in [2.45, 2.75) is 6.04 Å². The summed E-state index contributed by atoms with van der Waals surface area (Å²) in [5.41, 5.74) is 0. The highest BCUT2D eigenvalue weighted by molar-refractivity contribution is 6.30. The van der Waals surface area contributed by atoms with Crippen molar-refractivity contribution in [3.05, 3.63) is 58.6 Å². The van der Waals surface area contributed by atoms with Crippen molar-refractivity contribution in [3.8, 4) is 11.5 Å². The standard InChI is InChI=1S/C19H18Cl2N2O4/c20-13-1-5-16(6-2-13)26-11-18(24)22-15-9-23(10-15)19(25)12-27-17-7-3-14(21)4-8-17/h1-8,15H,9-12H2,(H,22,24). The Bertz CT molecular complexity index is 790. The van der Waals surface area contributed by atoms with E-state index < -0.39 is 0 Å². The summed E-state index contributed by atoms with van der Waals surface area (Å²) in [6.07, 6.45) is 0. The zero-order chi connectivity index (χ0) is 19.2. The largest absolute Gasteiger partial charge is 0.484 e. The van der Waals surface area contributed by atoms with Crippen LogP contribution < -0.4 is 14.8 Å². The Morgan fingerprint density at radius 3 is 1.89 bits per heavy atom. The molecule has 2 aromatic carbocycles. The Morgan fingerprint density at radius 2 is 1.37 bits per heavy atom. The van der Waals surface area contributed by atoms with Crippen LogP contribution in [0.15, 0.2) is 48.5 Å². The number of hydrogen-bond acceptors (Lipinski definition) is 4. The molecule has 8 heteroatoms. The van der Waals surface area contributed by atoms with Crippen molar-refractivity contribution in [3.63, 3.8) is 0 Å². The summed E-state index contributed by atoms with van der Waals surface area (Å²) >= 11 is 11.6. The highest BCUT2D eigenvalue weighted by atomic mass is 35.5. The predicted octanol–water partition coefficient (Wildman–Crippen LogP) is 2.78. The highest BCUT2D eigenvalue weighted by Crippen LogP contribution is 2.17. The number of carbonyl (C=O) groups is 2. The second kappa shape index (κ2) is 8.97. The van der Waals surface area contributed by atoms with Crippen molar-refractivity contribution < 1.29 is 19.1 Å². The molecule has 2 amide bonds. The molecule has 0 atom stereocenters. The van der Waals surface area contributed by atoms with Crippen LogP contribution in [0.4, 0.5) is 0 Å². The van der Waals surface area contributed by atoms with E-state index in [0.717, 1.165) is 0 Å². The summed E-state index contributed by atoms with van der Waals surface area (Å²) in [4.78, 5) is 25.6. The van der Waals surface area contributed by atoms with Gasteiger partial charge in [0.1, 0.15) is 11.5 Å². The average molecular weight is 409 g/mol. The maximum Gasteiger partial charge on any atom is 0.260 e. The van der Waals surface area contributed by atoms with Gasteiger partial charge in [0.05, 0.1) is 6.04 Å². The van der Waals surface area contributed by atoms with Gasteiger partial charge in [0.25, 0.3) is 11.8 Å². The van der Waals surface area contributed by atoms with Crippen LogP contribution in [0, 0.1) is 0 Å². The van der Waals surface area contributed by atoms with E-state index >= 15 is 0 Å². The minimum Gasteiger partial charge on any atom is -0.484 e. The lowest BCUT2D eigenvalue weighted by atomic mass is 10.1. The van der Waals surface area contributed by atoms with Crippen LogP contribution in [-0.4, -0.2) is 49.1 Å². The molecule has 1 N–H and O–H groups in total. The number of amides is 2. The normalized spacial score (nSPS) is 13.6. The fraction of sp³-hybridized carbons (Fsp3) is 0.263. The summed E-state index contributed by atoms with van der Waals surface area (Å²) in [5, 5.41) is 4.03. The molecule has 1 aliphatic rings. The van der Waals surface area contributed by atoms with Crippen molar-refractivity contribution >= 4 is 35.0 Å². The molecule has 0 unspecified atom stereocenters. The number of nitrogens with zero attached hydrogens (tertiary/aromatic N) is 1. The quantitative estimate of drug-likeness (QED) is 0.764. The molecule has 0 spiro atoms. The van der Waals surface area contributed by atoms with E-state index in [-0.39, 0.29) is 31.1 Å². The van der Waals surface area contributed by atoms with Crippen LogP contribution in [0.25, 0.3) is 0 Å². The van der Waals surface area contributed by atoms with Gasteiger partial charge in [-0.2, -0.15) is 0 Å². The molecule has 0 aromatic heterocycles. The van der Waals surface area contributed by atoms with Gasteiger partial charge >= 0.3 is 0 Å². The number of nitrogens with one attached hydrogen (secondary N) is 1. The molecule has 1 saturated heterocycles. The van der Waals surface area contributed by atoms with Gasteiger partial charge < -0.3 is 19.7 Å². The third kappa shape index (κ3) is 5.77. The Kier molecular flexibility index (Phi) is 6.42. The van der Waals surface area contributed by atoms with Crippen molar-refractivity contribution in [2.75, 3.05) is 26.3 Å². The average Bonchev–Trinajstić information content (AvgIpc) is 2.63. The van der Waals surface area contributed by atoms with E-state index in [1.54, 1.807) is 53.4 Å². The second-order valence-electron chi connectivity index (χ2n) is 6.05. The SMILES string of the molecule is O=C(COc1ccc(Cl)cc1)NC1CN(C(=O)COc2ccc(Cl)cc2)C1. The Balaban J connectivity index is 1.32. The molecule has 0 aliphatic carbocycles. The van der Waals surface area contributed by atoms with E-state index in [1.807, 2.05) is 0 Å². The van der Waals surface area contributed by atoms with Gasteiger partial charge in [-0.25, -0.2) is 0 Å². The third-order valence-electron chi connectivity index (χ3n) is 3.96. The molecule has 6 nitrogen and oxygen atoms in total. The number of carbonyl (C=O) groups excluding carboxylic acids is 2. The van der Waals surface area contributed by atoms with Gasteiger partial charge in [-0.15, -0.1) is 0 Å². The number of rotatable bonds is 7. The van der Waals surface area contributed by atoms with Crippen LogP contribution in [0.5, 0.6) is 11.5 Å². The molecule has 142 valence electrons. The van der Waals surface area contributed by atoms with E-state index in [9.17, 15) is 9.59 Å². The molecular formula is C19H18Cl2N2O4. The van der Waals surface area contributed by atoms with Crippen molar-refractivity contribution in [1.82, 2.24) is 10.2 Å². The highest BCUT2D eigenvalue weighted by Gasteiger charge is 2.31. The minimum absolute atomic E-state index is 0.0536. The summed E-state index contributed by atoms with van der Waals surface area (Å²) in [7, 11) is 0. The van der Waals surface area contributed by atoms with Gasteiger partial charge in [0.2, 0.25) is 0 Å². The molecule has 0 bridgehead atoms. The van der Waals surface area contributed by atoms with E-state index in [0.29, 0.717) is 34.6 Å². The smallest absolute Gasteiger partial charge is 0.260 e. The predicted molar refractivity (Wildman–Crippen MR) is 102 cm³/mol. The maximum absolute atomic E-state index is 12.1. The first-order valence-electron chi connectivity index (χ1n) is 8.33. The van der Waals surface area contributed by atoms with Crippen LogP contribution >= 0.6 is 23.2 Å². The summed E-state index contributed by atoms with van der Waals surface area (Å²) in [6.45, 7) is 0.763. The van der Waals surface area contributed by atoms with Crippen LogP contribution in [-0.2, 0) is 9.59 Å². The fourth-order valence-electron chi connectivity index (χ4n) is 2.49. The zero-order valence-electron chi connectivity index (χ0n) is 14.4. The Morgan fingerprint density at radius 1 is 0.889 bits per heavy atom. The van der Waals surface area contributed by atoms with Crippen LogP contribution in [0.3, 0.4) is 0 Å². The number of hydrogen-bond donors (Lipinski definition) is 1. The first-order valence-corrected chi connectivity index (χ1v) is 9.09. The molecule has 2 aromatic rings. The maximum atomic E-state index is 12.1. The lowest BCUT2D eigenvalue weighted by molar-refractivity contribution is -0.140. The monoisotopic (exact) mass is 408 g/mol. The minimum atomic E-state index is -0.237. The molecule has 1 aliphatic heterocycles. The Hall–Kier alpha value is -2.44. The summed E-state index contributed by atoms with van der Waals surface area (Å²) < 4.78 is 10.8. The van der Waals surface area contributed by atoms with E-state index in [2.05, 4.69) is 5.32 Å².